The number of hydrogen-bond donors (Lipinski definition) is 1. The number of aromatic nitrogens is 1. The van der Waals surface area contributed by atoms with E-state index in [4.69, 9.17) is 4.42 Å². The standard InChI is InChI=1S/C23H23N3O4S/c1-25(2)31(28,29)20-10-11-21-18(13-20)14-22(23(27)24-15-19-9-6-12-30-19)26(21)16-17-7-4-3-5-8-17/h3-14H,15-16H2,1-2H3,(H,24,27). The van der Waals surface area contributed by atoms with Crippen LogP contribution in [0.4, 0.5) is 0 Å². The molecule has 0 unspecified atom stereocenters. The van der Waals surface area contributed by atoms with Gasteiger partial charge in [-0.05, 0) is 42.0 Å². The highest BCUT2D eigenvalue weighted by molar-refractivity contribution is 7.89. The summed E-state index contributed by atoms with van der Waals surface area (Å²) >= 11 is 0. The molecule has 31 heavy (non-hydrogen) atoms. The molecular formula is C23H23N3O4S. The summed E-state index contributed by atoms with van der Waals surface area (Å²) in [5, 5.41) is 3.55. The van der Waals surface area contributed by atoms with Gasteiger partial charge in [0, 0.05) is 31.5 Å². The van der Waals surface area contributed by atoms with Gasteiger partial charge in [0.15, 0.2) is 0 Å². The first-order chi connectivity index (χ1) is 14.9. The van der Waals surface area contributed by atoms with E-state index >= 15 is 0 Å². The Labute approximate surface area is 180 Å². The lowest BCUT2D eigenvalue weighted by atomic mass is 10.2. The number of nitrogens with one attached hydrogen (secondary N) is 1. The predicted octanol–water partition coefficient (Wildman–Crippen LogP) is 3.46. The minimum atomic E-state index is -3.58. The van der Waals surface area contributed by atoms with Crippen LogP contribution in [0.3, 0.4) is 0 Å². The molecule has 2 aromatic heterocycles. The maximum Gasteiger partial charge on any atom is 0.268 e. The van der Waals surface area contributed by atoms with Crippen LogP contribution in [0.25, 0.3) is 10.9 Å². The third kappa shape index (κ3) is 4.26. The Morgan fingerprint density at radius 1 is 1.03 bits per heavy atom. The van der Waals surface area contributed by atoms with Crippen molar-refractivity contribution in [1.82, 2.24) is 14.2 Å². The molecule has 2 aromatic carbocycles. The van der Waals surface area contributed by atoms with E-state index in [9.17, 15) is 13.2 Å². The maximum absolute atomic E-state index is 13.0. The molecule has 160 valence electrons. The van der Waals surface area contributed by atoms with Crippen molar-refractivity contribution in [3.63, 3.8) is 0 Å². The second kappa shape index (κ2) is 8.41. The largest absolute Gasteiger partial charge is 0.467 e. The van der Waals surface area contributed by atoms with Crippen LogP contribution in [0, 0.1) is 0 Å². The van der Waals surface area contributed by atoms with Gasteiger partial charge >= 0.3 is 0 Å². The first-order valence-corrected chi connectivity index (χ1v) is 11.2. The summed E-state index contributed by atoms with van der Waals surface area (Å²) in [6.07, 6.45) is 1.56. The van der Waals surface area contributed by atoms with Gasteiger partial charge in [-0.15, -0.1) is 0 Å². The fourth-order valence-electron chi connectivity index (χ4n) is 3.42. The fourth-order valence-corrected chi connectivity index (χ4v) is 4.35. The minimum absolute atomic E-state index is 0.185. The molecule has 4 aromatic rings. The summed E-state index contributed by atoms with van der Waals surface area (Å²) in [6, 6.07) is 20.0. The lowest BCUT2D eigenvalue weighted by Crippen LogP contribution is -2.25. The van der Waals surface area contributed by atoms with Crippen LogP contribution in [0.15, 0.2) is 82.3 Å². The lowest BCUT2D eigenvalue weighted by molar-refractivity contribution is 0.0939. The molecule has 4 rings (SSSR count). The maximum atomic E-state index is 13.0. The van der Waals surface area contributed by atoms with Gasteiger partial charge in [-0.1, -0.05) is 30.3 Å². The van der Waals surface area contributed by atoms with E-state index in [1.807, 2.05) is 34.9 Å². The van der Waals surface area contributed by atoms with E-state index in [0.717, 1.165) is 11.1 Å². The Hall–Kier alpha value is -3.36. The van der Waals surface area contributed by atoms with Gasteiger partial charge in [0.05, 0.1) is 17.7 Å². The molecule has 1 N–H and O–H groups in total. The molecular weight excluding hydrogens is 414 g/mol. The summed E-state index contributed by atoms with van der Waals surface area (Å²) in [7, 11) is -0.592. The number of carbonyl (C=O) groups is 1. The van der Waals surface area contributed by atoms with Crippen molar-refractivity contribution in [3.8, 4) is 0 Å². The number of fused-ring (bicyclic) bond motifs is 1. The number of benzene rings is 2. The van der Waals surface area contributed by atoms with Crippen molar-refractivity contribution >= 4 is 26.8 Å². The second-order valence-corrected chi connectivity index (χ2v) is 9.52. The van der Waals surface area contributed by atoms with E-state index in [0.29, 0.717) is 23.4 Å². The fraction of sp³-hybridized carbons (Fsp3) is 0.174. The average molecular weight is 438 g/mol. The summed E-state index contributed by atoms with van der Waals surface area (Å²) in [4.78, 5) is 13.2. The van der Waals surface area contributed by atoms with Crippen LogP contribution < -0.4 is 5.32 Å². The first kappa shape index (κ1) is 20.9. The van der Waals surface area contributed by atoms with Gasteiger partial charge in [0.25, 0.3) is 5.91 Å². The Morgan fingerprint density at radius 2 is 1.81 bits per heavy atom. The molecule has 0 fully saturated rings. The first-order valence-electron chi connectivity index (χ1n) is 9.76. The predicted molar refractivity (Wildman–Crippen MR) is 118 cm³/mol. The smallest absolute Gasteiger partial charge is 0.268 e. The molecule has 0 bridgehead atoms. The summed E-state index contributed by atoms with van der Waals surface area (Å²) in [5.74, 6) is 0.388. The quantitative estimate of drug-likeness (QED) is 0.480. The SMILES string of the molecule is CN(C)S(=O)(=O)c1ccc2c(c1)cc(C(=O)NCc1ccco1)n2Cc1ccccc1. The van der Waals surface area contributed by atoms with E-state index in [2.05, 4.69) is 5.32 Å². The zero-order valence-corrected chi connectivity index (χ0v) is 18.1. The Balaban J connectivity index is 1.76. The average Bonchev–Trinajstić information content (AvgIpc) is 3.40. The van der Waals surface area contributed by atoms with Gasteiger partial charge in [0.1, 0.15) is 11.5 Å². The number of nitrogens with zero attached hydrogens (tertiary/aromatic N) is 2. The molecule has 8 heteroatoms. The third-order valence-electron chi connectivity index (χ3n) is 5.07. The molecule has 0 spiro atoms. The molecule has 2 heterocycles. The number of furan rings is 1. The lowest BCUT2D eigenvalue weighted by Gasteiger charge is -2.13. The minimum Gasteiger partial charge on any atom is -0.467 e. The highest BCUT2D eigenvalue weighted by Gasteiger charge is 2.21. The number of hydrogen-bond acceptors (Lipinski definition) is 4. The Kier molecular flexibility index (Phi) is 5.67. The van der Waals surface area contributed by atoms with Crippen molar-refractivity contribution < 1.29 is 17.6 Å². The van der Waals surface area contributed by atoms with Crippen molar-refractivity contribution in [2.45, 2.75) is 18.0 Å². The van der Waals surface area contributed by atoms with Gasteiger partial charge in [-0.2, -0.15) is 0 Å². The summed E-state index contributed by atoms with van der Waals surface area (Å²) < 4.78 is 33.5. The van der Waals surface area contributed by atoms with Crippen molar-refractivity contribution in [3.05, 3.63) is 90.0 Å². The number of sulfonamides is 1. The monoisotopic (exact) mass is 437 g/mol. The number of rotatable bonds is 7. The van der Waals surface area contributed by atoms with Gasteiger partial charge in [0.2, 0.25) is 10.0 Å². The molecule has 0 saturated heterocycles. The van der Waals surface area contributed by atoms with E-state index in [1.165, 1.54) is 18.4 Å². The highest BCUT2D eigenvalue weighted by atomic mass is 32.2. The summed E-state index contributed by atoms with van der Waals surface area (Å²) in [6.45, 7) is 0.743. The second-order valence-electron chi connectivity index (χ2n) is 7.37. The van der Waals surface area contributed by atoms with Crippen LogP contribution in [0.2, 0.25) is 0 Å². The third-order valence-corrected chi connectivity index (χ3v) is 6.88. The Bertz CT molecular complexity index is 1310. The van der Waals surface area contributed by atoms with Gasteiger partial charge in [-0.25, -0.2) is 12.7 Å². The van der Waals surface area contributed by atoms with Crippen molar-refractivity contribution in [2.75, 3.05) is 14.1 Å². The molecule has 0 aliphatic rings. The molecule has 0 aliphatic carbocycles. The molecule has 7 nitrogen and oxygen atoms in total. The molecule has 0 atom stereocenters. The number of amides is 1. The van der Waals surface area contributed by atoms with E-state index < -0.39 is 10.0 Å². The zero-order chi connectivity index (χ0) is 22.0. The molecule has 1 amide bonds. The van der Waals surface area contributed by atoms with Crippen LogP contribution in [0.5, 0.6) is 0 Å². The Morgan fingerprint density at radius 3 is 2.48 bits per heavy atom. The van der Waals surface area contributed by atoms with Crippen molar-refractivity contribution in [2.24, 2.45) is 0 Å². The molecule has 0 saturated carbocycles. The van der Waals surface area contributed by atoms with Gasteiger partial charge < -0.3 is 14.3 Å². The zero-order valence-electron chi connectivity index (χ0n) is 17.3. The van der Waals surface area contributed by atoms with Crippen LogP contribution in [-0.2, 0) is 23.1 Å². The van der Waals surface area contributed by atoms with E-state index in [1.54, 1.807) is 42.7 Å². The topological polar surface area (TPSA) is 84.6 Å². The normalized spacial score (nSPS) is 11.8. The van der Waals surface area contributed by atoms with E-state index in [-0.39, 0.29) is 17.3 Å². The number of carbonyl (C=O) groups excluding carboxylic acids is 1. The summed E-state index contributed by atoms with van der Waals surface area (Å²) in [5.41, 5.74) is 2.26. The van der Waals surface area contributed by atoms with Gasteiger partial charge in [-0.3, -0.25) is 4.79 Å². The van der Waals surface area contributed by atoms with Crippen LogP contribution in [-0.4, -0.2) is 37.3 Å². The molecule has 0 radical (unpaired) electrons. The van der Waals surface area contributed by atoms with Crippen molar-refractivity contribution in [1.29, 1.82) is 0 Å². The van der Waals surface area contributed by atoms with Crippen LogP contribution in [0.1, 0.15) is 21.8 Å². The van der Waals surface area contributed by atoms with Crippen LogP contribution >= 0.6 is 0 Å². The highest BCUT2D eigenvalue weighted by Crippen LogP contribution is 2.26. The molecule has 0 aliphatic heterocycles.